The number of anilines is 2. The molecule has 214 valence electrons. The lowest BCUT2D eigenvalue weighted by Gasteiger charge is -2.54. The third kappa shape index (κ3) is 5.95. The van der Waals surface area contributed by atoms with Crippen LogP contribution in [0.2, 0.25) is 0 Å². The first-order valence-corrected chi connectivity index (χ1v) is 14.2. The van der Waals surface area contributed by atoms with Crippen molar-refractivity contribution in [3.05, 3.63) is 28.3 Å². The van der Waals surface area contributed by atoms with Gasteiger partial charge in [-0.05, 0) is 92.9 Å². The van der Waals surface area contributed by atoms with Crippen molar-refractivity contribution in [2.75, 3.05) is 11.2 Å². The number of hydrogen-bond acceptors (Lipinski definition) is 8. The summed E-state index contributed by atoms with van der Waals surface area (Å²) in [4.78, 5) is 34.9. The molecular weight excluding hydrogens is 500 g/mol. The second kappa shape index (κ2) is 11.6. The maximum Gasteiger partial charge on any atom is 0.303 e. The molecule has 5 N–H and O–H groups in total. The van der Waals surface area contributed by atoms with E-state index >= 15 is 0 Å². The molecule has 4 rings (SSSR count). The highest BCUT2D eigenvalue weighted by atomic mass is 16.6. The van der Waals surface area contributed by atoms with E-state index < -0.39 is 22.4 Å². The van der Waals surface area contributed by atoms with Gasteiger partial charge < -0.3 is 15.9 Å². The number of nitro benzene ring substituents is 1. The van der Waals surface area contributed by atoms with Gasteiger partial charge in [-0.15, -0.1) is 0 Å². The Morgan fingerprint density at radius 2 is 2.00 bits per heavy atom. The van der Waals surface area contributed by atoms with Gasteiger partial charge in [0.25, 0.3) is 5.69 Å². The fourth-order valence-corrected chi connectivity index (χ4v) is 8.09. The van der Waals surface area contributed by atoms with Gasteiger partial charge in [0.1, 0.15) is 5.78 Å². The van der Waals surface area contributed by atoms with E-state index in [0.717, 1.165) is 32.1 Å². The van der Waals surface area contributed by atoms with Crippen LogP contribution in [0.5, 0.6) is 0 Å². The van der Waals surface area contributed by atoms with Gasteiger partial charge in [0, 0.05) is 36.6 Å². The van der Waals surface area contributed by atoms with Crippen LogP contribution in [0.15, 0.2) is 23.3 Å². The summed E-state index contributed by atoms with van der Waals surface area (Å²) in [6.07, 6.45) is 9.39. The predicted molar refractivity (Wildman–Crippen MR) is 149 cm³/mol. The van der Waals surface area contributed by atoms with Crippen molar-refractivity contribution in [2.45, 2.75) is 90.6 Å². The third-order valence-corrected chi connectivity index (χ3v) is 10.3. The lowest BCUT2D eigenvalue weighted by atomic mass is 9.50. The van der Waals surface area contributed by atoms with E-state index in [-0.39, 0.29) is 47.3 Å². The fraction of sp³-hybridized carbons (Fsp3) is 0.690. The van der Waals surface area contributed by atoms with Gasteiger partial charge in [-0.2, -0.15) is 5.10 Å². The molecular formula is C29H42N4O6. The normalized spacial score (nSPS) is 34.6. The Labute approximate surface area is 229 Å². The smallest absolute Gasteiger partial charge is 0.303 e. The van der Waals surface area contributed by atoms with Crippen molar-refractivity contribution in [1.29, 1.82) is 0 Å². The molecule has 3 fully saturated rings. The Kier molecular flexibility index (Phi) is 8.63. The molecule has 39 heavy (non-hydrogen) atoms. The van der Waals surface area contributed by atoms with E-state index in [9.17, 15) is 24.8 Å². The molecule has 3 aliphatic carbocycles. The second-order valence-corrected chi connectivity index (χ2v) is 12.4. The van der Waals surface area contributed by atoms with Gasteiger partial charge in [-0.3, -0.25) is 25.1 Å². The highest BCUT2D eigenvalue weighted by Gasteiger charge is 2.58. The lowest BCUT2D eigenvalue weighted by Crippen LogP contribution is -2.51. The van der Waals surface area contributed by atoms with Crippen molar-refractivity contribution in [1.82, 2.24) is 0 Å². The number of carboxylic acid groups (broad SMARTS) is 1. The molecule has 0 amide bonds. The number of ketones is 1. The number of carbonyl (C=O) groups excluding carboxylic acids is 1. The maximum absolute atomic E-state index is 13.3. The van der Waals surface area contributed by atoms with Crippen LogP contribution in [-0.4, -0.2) is 39.2 Å². The van der Waals surface area contributed by atoms with Crippen molar-refractivity contribution >= 4 is 35.0 Å². The molecule has 0 saturated heterocycles. The summed E-state index contributed by atoms with van der Waals surface area (Å²) >= 11 is 0. The van der Waals surface area contributed by atoms with E-state index in [4.69, 9.17) is 10.8 Å². The Morgan fingerprint density at radius 3 is 2.67 bits per heavy atom. The predicted octanol–water partition coefficient (Wildman–Crippen LogP) is 5.40. The van der Waals surface area contributed by atoms with Crippen LogP contribution in [0.3, 0.4) is 0 Å². The largest absolute Gasteiger partial charge is 0.481 e. The minimum atomic E-state index is -0.750. The van der Waals surface area contributed by atoms with Crippen molar-refractivity contribution in [3.8, 4) is 0 Å². The number of carbonyl (C=O) groups is 2. The number of nitrogens with zero attached hydrogens (tertiary/aromatic N) is 2. The summed E-state index contributed by atoms with van der Waals surface area (Å²) < 4.78 is 0. The molecule has 3 unspecified atom stereocenters. The molecule has 7 atom stereocenters. The van der Waals surface area contributed by atoms with Crippen LogP contribution in [-0.2, 0) is 9.59 Å². The van der Waals surface area contributed by atoms with Crippen LogP contribution >= 0.6 is 0 Å². The van der Waals surface area contributed by atoms with Crippen molar-refractivity contribution < 1.29 is 24.7 Å². The molecule has 1 aromatic rings. The zero-order valence-corrected chi connectivity index (χ0v) is 23.0. The quantitative estimate of drug-likeness (QED) is 0.132. The molecule has 0 aromatic heterocycles. The monoisotopic (exact) mass is 542 g/mol. The van der Waals surface area contributed by atoms with Crippen molar-refractivity contribution in [3.63, 3.8) is 0 Å². The molecule has 3 saturated carbocycles. The number of benzene rings is 1. The zero-order valence-electron chi connectivity index (χ0n) is 23.0. The van der Waals surface area contributed by atoms with Crippen LogP contribution < -0.4 is 11.2 Å². The minimum absolute atomic E-state index is 0.0824. The number of fused-ring (bicyclic) bond motifs is 1. The number of nitrogen functional groups attached to an aromatic ring is 1. The zero-order chi connectivity index (χ0) is 28.4. The van der Waals surface area contributed by atoms with Crippen LogP contribution in [0, 0.1) is 44.6 Å². The molecule has 10 nitrogen and oxygen atoms in total. The van der Waals surface area contributed by atoms with Gasteiger partial charge in [0.2, 0.25) is 0 Å². The molecule has 0 heterocycles. The first kappa shape index (κ1) is 29.0. The number of aliphatic hydroxyl groups is 1. The topological polar surface area (TPSA) is 168 Å². The van der Waals surface area contributed by atoms with Gasteiger partial charge >= 0.3 is 5.97 Å². The van der Waals surface area contributed by atoms with Crippen LogP contribution in [0.4, 0.5) is 17.1 Å². The summed E-state index contributed by atoms with van der Waals surface area (Å²) in [5.41, 5.74) is 9.16. The number of nitrogens with two attached hydrogens (primary N) is 1. The Balaban J connectivity index is 1.53. The molecule has 1 aromatic carbocycles. The van der Waals surface area contributed by atoms with Gasteiger partial charge in [0.05, 0.1) is 22.4 Å². The number of non-ortho nitro benzene ring substituents is 1. The van der Waals surface area contributed by atoms with Gasteiger partial charge in [0.15, 0.2) is 0 Å². The Hall–Kier alpha value is -3.01. The Morgan fingerprint density at radius 1 is 1.23 bits per heavy atom. The molecule has 0 spiro atoms. The van der Waals surface area contributed by atoms with E-state index in [1.165, 1.54) is 18.2 Å². The van der Waals surface area contributed by atoms with Crippen molar-refractivity contribution in [2.24, 2.45) is 39.6 Å². The molecule has 0 bridgehead atoms. The number of nitrogens with one attached hydrogen (secondary N) is 1. The average molecular weight is 543 g/mol. The summed E-state index contributed by atoms with van der Waals surface area (Å²) in [6.45, 7) is 4.45. The number of aliphatic carboxylic acids is 1. The highest BCUT2D eigenvalue weighted by molar-refractivity contribution is 5.86. The average Bonchev–Trinajstić information content (AvgIpc) is 3.21. The van der Waals surface area contributed by atoms with E-state index in [1.807, 2.05) is 6.21 Å². The highest BCUT2D eigenvalue weighted by Crippen LogP contribution is 2.64. The Bertz CT molecular complexity index is 1120. The summed E-state index contributed by atoms with van der Waals surface area (Å²) in [7, 11) is 0. The maximum atomic E-state index is 13.3. The molecule has 0 aliphatic heterocycles. The standard InChI is InChI=1S/C29H42N4O6/c1-28-14-11-23(29(2)13-10-20(34)17-26(29)35)21(22(28)8-6-18(28)4-3-5-27(36)37)12-15-31-32-25-9-7-19(33(38)39)16-24(25)30/h7,9,15-16,18,20-23,32,34H,3-6,8,10-14,17,30H2,1-2H3,(H,36,37)/t18-,20-,21?,22?,23?,28+,29+/m0/s1. The number of hydrogen-bond donors (Lipinski definition) is 4. The van der Waals surface area contributed by atoms with E-state index in [2.05, 4.69) is 24.4 Å². The molecule has 0 radical (unpaired) electrons. The number of Topliss-reactive ketones (excluding diaryl/α,β-unsaturated/α-hetero) is 1. The van der Waals surface area contributed by atoms with Crippen LogP contribution in [0.1, 0.15) is 84.5 Å². The van der Waals surface area contributed by atoms with Gasteiger partial charge in [-0.25, -0.2) is 0 Å². The SMILES string of the molecule is C[C@]1(C2CC[C@@]3(C)C(CC[C@@H]3CCCC(=O)O)C2CC=NNc2ccc([N+](=O)[O-])cc2N)CC[C@H](O)CC1=O. The number of aliphatic hydroxyl groups excluding tert-OH is 1. The van der Waals surface area contributed by atoms with Gasteiger partial charge in [-0.1, -0.05) is 13.8 Å². The summed E-state index contributed by atoms with van der Waals surface area (Å²) in [5, 5.41) is 34.7. The second-order valence-electron chi connectivity index (χ2n) is 12.4. The minimum Gasteiger partial charge on any atom is -0.481 e. The number of hydrazone groups is 1. The molecule has 3 aliphatic rings. The van der Waals surface area contributed by atoms with E-state index in [0.29, 0.717) is 43.2 Å². The first-order chi connectivity index (χ1) is 18.5. The summed E-state index contributed by atoms with van der Waals surface area (Å²) in [5.74, 6) is 0.695. The molecule has 10 heteroatoms. The first-order valence-electron chi connectivity index (χ1n) is 14.2. The van der Waals surface area contributed by atoms with Crippen LogP contribution in [0.25, 0.3) is 0 Å². The van der Waals surface area contributed by atoms with E-state index in [1.54, 1.807) is 0 Å². The number of nitro groups is 1. The number of rotatable bonds is 10. The number of carboxylic acids is 1. The lowest BCUT2D eigenvalue weighted by molar-refractivity contribution is -0.384. The fourth-order valence-electron chi connectivity index (χ4n) is 8.09. The third-order valence-electron chi connectivity index (χ3n) is 10.3. The summed E-state index contributed by atoms with van der Waals surface area (Å²) in [6, 6.07) is 4.22.